The van der Waals surface area contributed by atoms with E-state index >= 15 is 0 Å². The summed E-state index contributed by atoms with van der Waals surface area (Å²) in [5, 5.41) is 4.67. The highest BCUT2D eigenvalue weighted by Gasteiger charge is 2.23. The monoisotopic (exact) mass is 387 g/mol. The summed E-state index contributed by atoms with van der Waals surface area (Å²) in [7, 11) is 1.60. The molecule has 0 aliphatic carbocycles. The summed E-state index contributed by atoms with van der Waals surface area (Å²) in [6.07, 6.45) is 1.67. The lowest BCUT2D eigenvalue weighted by Crippen LogP contribution is -2.14. The molecule has 0 aliphatic rings. The van der Waals surface area contributed by atoms with Gasteiger partial charge in [0.05, 0.1) is 19.4 Å². The maximum atomic E-state index is 12.9. The van der Waals surface area contributed by atoms with Crippen LogP contribution in [0.25, 0.3) is 28.0 Å². The molecule has 0 saturated carbocycles. The Kier molecular flexibility index (Phi) is 4.99. The quantitative estimate of drug-likeness (QED) is 0.470. The molecule has 0 unspecified atom stereocenters. The summed E-state index contributed by atoms with van der Waals surface area (Å²) in [6.45, 7) is 4.08. The average Bonchev–Trinajstić information content (AvgIpc) is 3.17. The molecule has 6 heteroatoms. The zero-order chi connectivity index (χ0) is 20.4. The number of fused-ring (bicyclic) bond motifs is 1. The van der Waals surface area contributed by atoms with Crippen molar-refractivity contribution in [2.75, 3.05) is 13.7 Å². The van der Waals surface area contributed by atoms with E-state index in [2.05, 4.69) is 10.1 Å². The molecule has 0 radical (unpaired) electrons. The number of benzene rings is 2. The number of hydrogen-bond acceptors (Lipinski definition) is 5. The van der Waals surface area contributed by atoms with Crippen LogP contribution in [-0.4, -0.2) is 34.3 Å². The summed E-state index contributed by atoms with van der Waals surface area (Å²) < 4.78 is 12.4. The number of hydrogen-bond donors (Lipinski definition) is 0. The highest BCUT2D eigenvalue weighted by molar-refractivity contribution is 5.97. The standard InChI is InChI=1S/C23H21N3O3/c1-4-29-23(27)22-18(17-7-5-6-8-20(17)28-3)14-24-21-13-19(25-26(21)22)16-11-9-15(2)10-12-16/h5-14H,4H2,1-3H3. The first-order valence-electron chi connectivity index (χ1n) is 9.38. The lowest BCUT2D eigenvalue weighted by molar-refractivity contribution is 0.0517. The molecular weight excluding hydrogens is 366 g/mol. The zero-order valence-electron chi connectivity index (χ0n) is 16.5. The van der Waals surface area contributed by atoms with Crippen LogP contribution >= 0.6 is 0 Å². The topological polar surface area (TPSA) is 65.7 Å². The summed E-state index contributed by atoms with van der Waals surface area (Å²) in [6, 6.07) is 17.4. The first kappa shape index (κ1) is 18.7. The van der Waals surface area contributed by atoms with E-state index in [0.29, 0.717) is 22.7 Å². The highest BCUT2D eigenvalue weighted by atomic mass is 16.5. The fourth-order valence-corrected chi connectivity index (χ4v) is 3.26. The van der Waals surface area contributed by atoms with Crippen molar-refractivity contribution in [2.45, 2.75) is 13.8 Å². The second-order valence-electron chi connectivity index (χ2n) is 6.61. The fourth-order valence-electron chi connectivity index (χ4n) is 3.26. The third-order valence-electron chi connectivity index (χ3n) is 4.70. The van der Waals surface area contributed by atoms with Gasteiger partial charge in [-0.2, -0.15) is 5.10 Å². The van der Waals surface area contributed by atoms with Crippen molar-refractivity contribution in [1.29, 1.82) is 0 Å². The van der Waals surface area contributed by atoms with Crippen molar-refractivity contribution >= 4 is 11.6 Å². The van der Waals surface area contributed by atoms with E-state index in [4.69, 9.17) is 9.47 Å². The van der Waals surface area contributed by atoms with E-state index in [1.54, 1.807) is 24.7 Å². The van der Waals surface area contributed by atoms with Crippen LogP contribution < -0.4 is 4.74 Å². The van der Waals surface area contributed by atoms with Gasteiger partial charge in [0, 0.05) is 29.0 Å². The van der Waals surface area contributed by atoms with Gasteiger partial charge in [-0.3, -0.25) is 0 Å². The molecule has 0 saturated heterocycles. The zero-order valence-corrected chi connectivity index (χ0v) is 16.5. The fraction of sp³-hybridized carbons (Fsp3) is 0.174. The van der Waals surface area contributed by atoms with Gasteiger partial charge in [0.25, 0.3) is 0 Å². The highest BCUT2D eigenvalue weighted by Crippen LogP contribution is 2.33. The van der Waals surface area contributed by atoms with Gasteiger partial charge in [0.15, 0.2) is 11.3 Å². The maximum absolute atomic E-state index is 12.9. The summed E-state index contributed by atoms with van der Waals surface area (Å²) >= 11 is 0. The van der Waals surface area contributed by atoms with E-state index in [-0.39, 0.29) is 6.61 Å². The van der Waals surface area contributed by atoms with Crippen molar-refractivity contribution in [2.24, 2.45) is 0 Å². The number of para-hydroxylation sites is 1. The number of methoxy groups -OCH3 is 1. The van der Waals surface area contributed by atoms with E-state index in [1.165, 1.54) is 5.56 Å². The van der Waals surface area contributed by atoms with Crippen LogP contribution in [0.5, 0.6) is 5.75 Å². The van der Waals surface area contributed by atoms with Crippen LogP contribution in [0.1, 0.15) is 23.0 Å². The van der Waals surface area contributed by atoms with E-state index in [9.17, 15) is 4.79 Å². The van der Waals surface area contributed by atoms with Gasteiger partial charge >= 0.3 is 5.97 Å². The van der Waals surface area contributed by atoms with Crippen LogP contribution in [0.3, 0.4) is 0 Å². The molecule has 6 nitrogen and oxygen atoms in total. The van der Waals surface area contributed by atoms with E-state index in [1.807, 2.05) is 61.5 Å². The second kappa shape index (κ2) is 7.75. The smallest absolute Gasteiger partial charge is 0.357 e. The lowest BCUT2D eigenvalue weighted by Gasteiger charge is -2.13. The Balaban J connectivity index is 1.96. The Morgan fingerprint density at radius 1 is 1.07 bits per heavy atom. The molecule has 2 heterocycles. The minimum Gasteiger partial charge on any atom is -0.496 e. The Hall–Kier alpha value is -3.67. The number of aryl methyl sites for hydroxylation is 1. The second-order valence-corrected chi connectivity index (χ2v) is 6.61. The largest absolute Gasteiger partial charge is 0.496 e. The van der Waals surface area contributed by atoms with Gasteiger partial charge in [-0.1, -0.05) is 48.0 Å². The molecule has 29 heavy (non-hydrogen) atoms. The molecule has 2 aromatic heterocycles. The molecule has 0 fully saturated rings. The molecular formula is C23H21N3O3. The maximum Gasteiger partial charge on any atom is 0.357 e. The summed E-state index contributed by atoms with van der Waals surface area (Å²) in [5.41, 5.74) is 5.10. The van der Waals surface area contributed by atoms with Gasteiger partial charge in [0.1, 0.15) is 5.75 Å². The minimum atomic E-state index is -0.459. The first-order valence-corrected chi connectivity index (χ1v) is 9.38. The van der Waals surface area contributed by atoms with Gasteiger partial charge < -0.3 is 9.47 Å². The Morgan fingerprint density at radius 3 is 2.55 bits per heavy atom. The molecule has 0 bridgehead atoms. The molecule has 4 aromatic rings. The number of esters is 1. The molecule has 4 rings (SSSR count). The predicted molar refractivity (Wildman–Crippen MR) is 111 cm³/mol. The minimum absolute atomic E-state index is 0.264. The number of rotatable bonds is 5. The number of carbonyl (C=O) groups excluding carboxylic acids is 1. The SMILES string of the molecule is CCOC(=O)c1c(-c2ccccc2OC)cnc2cc(-c3ccc(C)cc3)nn12. The Morgan fingerprint density at radius 2 is 1.83 bits per heavy atom. The molecule has 0 aliphatic heterocycles. The van der Waals surface area contributed by atoms with E-state index in [0.717, 1.165) is 16.8 Å². The third-order valence-corrected chi connectivity index (χ3v) is 4.70. The van der Waals surface area contributed by atoms with E-state index < -0.39 is 5.97 Å². The third kappa shape index (κ3) is 3.45. The van der Waals surface area contributed by atoms with Crippen LogP contribution in [-0.2, 0) is 4.74 Å². The Labute approximate surface area is 168 Å². The predicted octanol–water partition coefficient (Wildman–Crippen LogP) is 4.56. The summed E-state index contributed by atoms with van der Waals surface area (Å²) in [4.78, 5) is 17.4. The Bertz CT molecular complexity index is 1180. The number of aromatic nitrogens is 3. The van der Waals surface area contributed by atoms with Crippen LogP contribution in [0.2, 0.25) is 0 Å². The van der Waals surface area contributed by atoms with Crippen molar-refractivity contribution < 1.29 is 14.3 Å². The molecule has 2 aromatic carbocycles. The molecule has 0 amide bonds. The molecule has 0 atom stereocenters. The first-order chi connectivity index (χ1) is 14.1. The lowest BCUT2D eigenvalue weighted by atomic mass is 10.0. The van der Waals surface area contributed by atoms with Crippen LogP contribution in [0.15, 0.2) is 60.8 Å². The van der Waals surface area contributed by atoms with Crippen LogP contribution in [0, 0.1) is 6.92 Å². The van der Waals surface area contributed by atoms with Crippen molar-refractivity contribution in [3.8, 4) is 28.1 Å². The molecule has 146 valence electrons. The van der Waals surface area contributed by atoms with Crippen molar-refractivity contribution in [3.63, 3.8) is 0 Å². The number of ether oxygens (including phenoxy) is 2. The molecule has 0 spiro atoms. The molecule has 0 N–H and O–H groups in total. The number of nitrogens with zero attached hydrogens (tertiary/aromatic N) is 3. The summed E-state index contributed by atoms with van der Waals surface area (Å²) in [5.74, 6) is 0.185. The van der Waals surface area contributed by atoms with Crippen molar-refractivity contribution in [3.05, 3.63) is 72.1 Å². The van der Waals surface area contributed by atoms with Gasteiger partial charge in [-0.15, -0.1) is 0 Å². The van der Waals surface area contributed by atoms with Crippen LogP contribution in [0.4, 0.5) is 0 Å². The van der Waals surface area contributed by atoms with Gasteiger partial charge in [-0.05, 0) is 19.9 Å². The normalized spacial score (nSPS) is 10.9. The average molecular weight is 387 g/mol. The number of carbonyl (C=O) groups is 1. The van der Waals surface area contributed by atoms with Crippen molar-refractivity contribution in [1.82, 2.24) is 14.6 Å². The van der Waals surface area contributed by atoms with Gasteiger partial charge in [-0.25, -0.2) is 14.3 Å². The van der Waals surface area contributed by atoms with Gasteiger partial charge in [0.2, 0.25) is 0 Å².